The highest BCUT2D eigenvalue weighted by molar-refractivity contribution is 5.96. The molecule has 3 aromatic rings. The van der Waals surface area contributed by atoms with E-state index in [2.05, 4.69) is 41.5 Å². The van der Waals surface area contributed by atoms with E-state index in [-0.39, 0.29) is 53.6 Å². The first-order chi connectivity index (χ1) is 24.6. The van der Waals surface area contributed by atoms with Gasteiger partial charge in [-0.25, -0.2) is 4.98 Å². The van der Waals surface area contributed by atoms with E-state index in [0.29, 0.717) is 18.8 Å². The summed E-state index contributed by atoms with van der Waals surface area (Å²) < 4.78 is 2.10. The number of likely N-dealkylation sites (tertiary alicyclic amines) is 1. The summed E-state index contributed by atoms with van der Waals surface area (Å²) in [6, 6.07) is 13.6. The summed E-state index contributed by atoms with van der Waals surface area (Å²) in [4.78, 5) is 48.4. The standard InChI is InChI=1S/C36H42N12O3/c1-45(14-13-37)36(51)28-8-3-5-23(41-28)17-47-18-24(19-47)48-30-20-46(2)33-25(26(30)16-40-48)6-4-7-27(33)43-29(32(39)35(50)42-22-11-12-22)15-31(38)44-34(49)21-9-10-21/h3-8,15-16,21-22,24,43H,9-12,14,17-20,38-39H2,1-2H3,(H,42,50)(H,44,49)/b31-15+,32-29+. The minimum atomic E-state index is -0.394. The fraction of sp³-hybridized carbons (Fsp3) is 0.389. The number of allylic oxidation sites excluding steroid dienone is 1. The van der Waals surface area contributed by atoms with Gasteiger partial charge in [0.15, 0.2) is 0 Å². The molecule has 2 saturated carbocycles. The SMILES string of the molecule is CN(CC#N)C(=O)c1cccc(CN2CC(n3ncc4c3CN(C)c3c(NC(/C=C(\N)NC(=O)C5CC5)=C(/N)C(=O)NC5CC5)cccc3-4)C2)n1. The van der Waals surface area contributed by atoms with Gasteiger partial charge in [0.1, 0.15) is 23.8 Å². The average Bonchev–Trinajstić information content (AvgIpc) is 4.04. The number of aromatic nitrogens is 3. The molecule has 15 nitrogen and oxygen atoms in total. The number of rotatable bonds is 12. The first kappa shape index (κ1) is 33.6. The Bertz CT molecular complexity index is 1980. The number of pyridine rings is 1. The van der Waals surface area contributed by atoms with Crippen LogP contribution in [0, 0.1) is 17.2 Å². The molecule has 0 unspecified atom stereocenters. The van der Waals surface area contributed by atoms with E-state index in [1.165, 1.54) is 11.0 Å². The molecule has 0 radical (unpaired) electrons. The van der Waals surface area contributed by atoms with E-state index in [9.17, 15) is 14.4 Å². The van der Waals surface area contributed by atoms with Crippen molar-refractivity contribution in [2.45, 2.75) is 50.9 Å². The van der Waals surface area contributed by atoms with Crippen LogP contribution >= 0.6 is 0 Å². The molecule has 3 fully saturated rings. The molecule has 1 saturated heterocycles. The molecule has 7 N–H and O–H groups in total. The Morgan fingerprint density at radius 2 is 1.84 bits per heavy atom. The van der Waals surface area contributed by atoms with E-state index in [0.717, 1.165) is 72.7 Å². The van der Waals surface area contributed by atoms with Crippen molar-refractivity contribution < 1.29 is 14.4 Å². The van der Waals surface area contributed by atoms with Gasteiger partial charge in [-0.1, -0.05) is 18.2 Å². The Morgan fingerprint density at radius 3 is 2.57 bits per heavy atom. The summed E-state index contributed by atoms with van der Waals surface area (Å²) in [5, 5.41) is 22.8. The third-order valence-corrected chi connectivity index (χ3v) is 9.58. The minimum absolute atomic E-state index is 0.00366. The Morgan fingerprint density at radius 1 is 1.08 bits per heavy atom. The van der Waals surface area contributed by atoms with Gasteiger partial charge >= 0.3 is 0 Å². The van der Waals surface area contributed by atoms with Crippen molar-refractivity contribution in [2.24, 2.45) is 17.4 Å². The molecular weight excluding hydrogens is 648 g/mol. The highest BCUT2D eigenvalue weighted by Gasteiger charge is 2.35. The second-order valence-corrected chi connectivity index (χ2v) is 13.8. The second kappa shape index (κ2) is 13.8. The number of nitriles is 1. The Hall–Kier alpha value is -5.88. The largest absolute Gasteiger partial charge is 0.393 e. The first-order valence-corrected chi connectivity index (χ1v) is 17.2. The molecule has 0 bridgehead atoms. The van der Waals surface area contributed by atoms with Crippen molar-refractivity contribution in [3.63, 3.8) is 0 Å². The summed E-state index contributed by atoms with van der Waals surface area (Å²) >= 11 is 0. The van der Waals surface area contributed by atoms with Crippen LogP contribution in [0.1, 0.15) is 53.6 Å². The quantitative estimate of drug-likeness (QED) is 0.105. The van der Waals surface area contributed by atoms with Gasteiger partial charge in [0.05, 0.1) is 53.3 Å². The Labute approximate surface area is 295 Å². The van der Waals surface area contributed by atoms with Gasteiger partial charge in [-0.3, -0.25) is 24.0 Å². The summed E-state index contributed by atoms with van der Waals surface area (Å²) in [5.74, 6) is -0.741. The molecule has 0 spiro atoms. The van der Waals surface area contributed by atoms with Crippen molar-refractivity contribution in [1.82, 2.24) is 35.2 Å². The number of nitrogens with two attached hydrogens (primary N) is 2. The number of carbonyl (C=O) groups is 3. The zero-order valence-electron chi connectivity index (χ0n) is 28.7. The topological polar surface area (TPSA) is 204 Å². The van der Waals surface area contributed by atoms with Crippen LogP contribution in [0.25, 0.3) is 11.1 Å². The van der Waals surface area contributed by atoms with Gasteiger partial charge in [0.2, 0.25) is 5.91 Å². The number of fused-ring (bicyclic) bond motifs is 3. The molecule has 4 heterocycles. The van der Waals surface area contributed by atoms with Crippen LogP contribution in [0.4, 0.5) is 11.4 Å². The number of hydrogen-bond acceptors (Lipinski definition) is 11. The summed E-state index contributed by atoms with van der Waals surface area (Å²) in [5.41, 5.74) is 18.8. The van der Waals surface area contributed by atoms with E-state index in [1.54, 1.807) is 13.1 Å². The van der Waals surface area contributed by atoms with Crippen molar-refractivity contribution in [3.05, 3.63) is 83.0 Å². The van der Waals surface area contributed by atoms with E-state index in [1.807, 2.05) is 43.6 Å². The summed E-state index contributed by atoms with van der Waals surface area (Å²) in [6.45, 7) is 2.76. The van der Waals surface area contributed by atoms with E-state index >= 15 is 0 Å². The van der Waals surface area contributed by atoms with Crippen LogP contribution < -0.4 is 32.3 Å². The zero-order chi connectivity index (χ0) is 35.8. The number of para-hydroxylation sites is 1. The van der Waals surface area contributed by atoms with Gasteiger partial charge < -0.3 is 37.2 Å². The van der Waals surface area contributed by atoms with Crippen molar-refractivity contribution >= 4 is 29.1 Å². The van der Waals surface area contributed by atoms with E-state index < -0.39 is 5.91 Å². The predicted octanol–water partition coefficient (Wildman–Crippen LogP) is 1.73. The number of nitrogens with one attached hydrogen (secondary N) is 3. The highest BCUT2D eigenvalue weighted by Crippen LogP contribution is 2.44. The molecule has 0 atom stereocenters. The molecule has 51 heavy (non-hydrogen) atoms. The molecule has 2 aliphatic carbocycles. The molecular formula is C36H42N12O3. The molecule has 264 valence electrons. The van der Waals surface area contributed by atoms with Crippen LogP contribution in [0.15, 0.2) is 65.9 Å². The number of amides is 3. The molecule has 3 amide bonds. The number of benzene rings is 1. The first-order valence-electron chi connectivity index (χ1n) is 17.2. The third kappa shape index (κ3) is 7.22. The normalized spacial score (nSPS) is 17.7. The summed E-state index contributed by atoms with van der Waals surface area (Å²) in [7, 11) is 3.60. The molecule has 4 aliphatic rings. The van der Waals surface area contributed by atoms with Crippen molar-refractivity contribution in [3.8, 4) is 17.2 Å². The fourth-order valence-electron chi connectivity index (χ4n) is 6.50. The van der Waals surface area contributed by atoms with Crippen molar-refractivity contribution in [1.29, 1.82) is 5.26 Å². The lowest BCUT2D eigenvalue weighted by molar-refractivity contribution is -0.121. The molecule has 2 aromatic heterocycles. The highest BCUT2D eigenvalue weighted by atomic mass is 16.2. The third-order valence-electron chi connectivity index (χ3n) is 9.58. The van der Waals surface area contributed by atoms with Gasteiger partial charge in [0.25, 0.3) is 11.8 Å². The lowest BCUT2D eigenvalue weighted by Gasteiger charge is -2.40. The molecule has 2 aliphatic heterocycles. The fourth-order valence-corrected chi connectivity index (χ4v) is 6.50. The van der Waals surface area contributed by atoms with Crippen LogP contribution in [0.3, 0.4) is 0 Å². The van der Waals surface area contributed by atoms with Crippen LogP contribution in [0.2, 0.25) is 0 Å². The predicted molar refractivity (Wildman–Crippen MR) is 190 cm³/mol. The minimum Gasteiger partial charge on any atom is -0.393 e. The average molecular weight is 691 g/mol. The maximum atomic E-state index is 13.0. The Kier molecular flexibility index (Phi) is 9.09. The summed E-state index contributed by atoms with van der Waals surface area (Å²) in [6.07, 6.45) is 6.92. The molecule has 15 heteroatoms. The van der Waals surface area contributed by atoms with Crippen molar-refractivity contribution in [2.75, 3.05) is 43.9 Å². The molecule has 7 rings (SSSR count). The maximum absolute atomic E-state index is 13.0. The van der Waals surface area contributed by atoms with Gasteiger partial charge in [-0.15, -0.1) is 0 Å². The van der Waals surface area contributed by atoms with E-state index in [4.69, 9.17) is 21.8 Å². The molecule has 1 aromatic carbocycles. The van der Waals surface area contributed by atoms with Gasteiger partial charge in [0, 0.05) is 62.9 Å². The zero-order valence-corrected chi connectivity index (χ0v) is 28.7. The van der Waals surface area contributed by atoms with Gasteiger partial charge in [-0.05, 0) is 43.9 Å². The van der Waals surface area contributed by atoms with Gasteiger partial charge in [-0.2, -0.15) is 10.4 Å². The smallest absolute Gasteiger partial charge is 0.273 e. The Balaban J connectivity index is 1.08. The number of nitrogens with zero attached hydrogens (tertiary/aromatic N) is 7. The monoisotopic (exact) mass is 690 g/mol. The number of carbonyl (C=O) groups excluding carboxylic acids is 3. The number of anilines is 2. The lowest BCUT2D eigenvalue weighted by Crippen LogP contribution is -2.48. The van der Waals surface area contributed by atoms with Crippen LogP contribution in [-0.4, -0.2) is 82.1 Å². The maximum Gasteiger partial charge on any atom is 0.273 e. The second-order valence-electron chi connectivity index (χ2n) is 13.8. The van der Waals surface area contributed by atoms with Crippen LogP contribution in [-0.2, 0) is 22.7 Å². The number of hydrogen-bond donors (Lipinski definition) is 5. The van der Waals surface area contributed by atoms with Crippen LogP contribution in [0.5, 0.6) is 0 Å². The lowest BCUT2D eigenvalue weighted by atomic mass is 9.97.